The summed E-state index contributed by atoms with van der Waals surface area (Å²) in [6.07, 6.45) is -5.91. The lowest BCUT2D eigenvalue weighted by Crippen LogP contribution is -2.58. The molecular weight excluding hydrogens is 451 g/mol. The number of carbonyl (C=O) groups is 2. The number of aliphatic carboxylic acids is 2. The van der Waals surface area contributed by atoms with E-state index >= 15 is 0 Å². The third kappa shape index (κ3) is 5.88. The van der Waals surface area contributed by atoms with E-state index in [4.69, 9.17) is 10.2 Å². The minimum absolute atomic E-state index is 0.582. The minimum Gasteiger partial charge on any atom is -0.480 e. The van der Waals surface area contributed by atoms with Crippen LogP contribution < -0.4 is 10.4 Å². The van der Waals surface area contributed by atoms with Crippen molar-refractivity contribution in [2.24, 2.45) is 0 Å². The lowest BCUT2D eigenvalue weighted by Gasteiger charge is -2.29. The van der Waals surface area contributed by atoms with Crippen LogP contribution in [0.5, 0.6) is 0 Å². The number of rotatable bonds is 6. The Morgan fingerprint density at radius 2 is 1.42 bits per heavy atom. The number of halogens is 5. The Hall–Kier alpha value is -3.89. The van der Waals surface area contributed by atoms with Gasteiger partial charge in [0.15, 0.2) is 0 Å². The maximum Gasteiger partial charge on any atom is 0.456 e. The number of para-hydroxylation sites is 1. The fourth-order valence-electron chi connectivity index (χ4n) is 2.64. The van der Waals surface area contributed by atoms with Crippen molar-refractivity contribution in [1.82, 2.24) is 0 Å². The largest absolute Gasteiger partial charge is 0.480 e. The van der Waals surface area contributed by atoms with E-state index in [1.54, 1.807) is 6.92 Å². The van der Waals surface area contributed by atoms with Crippen LogP contribution in [0.15, 0.2) is 72.8 Å². The predicted molar refractivity (Wildman–Crippen MR) is 112 cm³/mol. The third-order valence-corrected chi connectivity index (χ3v) is 4.42. The maximum absolute atomic E-state index is 13.3. The van der Waals surface area contributed by atoms with E-state index in [-0.39, 0.29) is 0 Å². The average Bonchev–Trinajstić information content (AvgIpc) is 2.78. The third-order valence-electron chi connectivity index (χ3n) is 4.42. The number of fused-ring (bicyclic) bond motifs is 1. The molecule has 0 radical (unpaired) electrons. The van der Waals surface area contributed by atoms with Crippen LogP contribution in [0.3, 0.4) is 0 Å². The van der Waals surface area contributed by atoms with Gasteiger partial charge in [-0.2, -0.15) is 22.7 Å². The molecule has 176 valence electrons. The molecule has 3 rings (SSSR count). The van der Waals surface area contributed by atoms with Crippen LogP contribution in [-0.4, -0.2) is 40.2 Å². The highest BCUT2D eigenvalue weighted by Gasteiger charge is 2.68. The zero-order chi connectivity index (χ0) is 24.8. The van der Waals surface area contributed by atoms with Crippen LogP contribution in [-0.2, 0) is 9.59 Å². The summed E-state index contributed by atoms with van der Waals surface area (Å²) in [5, 5.41) is 20.7. The van der Waals surface area contributed by atoms with Gasteiger partial charge >= 0.3 is 23.9 Å². The Morgan fingerprint density at radius 1 is 0.879 bits per heavy atom. The fourth-order valence-corrected chi connectivity index (χ4v) is 2.64. The number of carboxylic acid groups (broad SMARTS) is 2. The number of hydrogen-bond donors (Lipinski definition) is 3. The molecule has 0 amide bonds. The van der Waals surface area contributed by atoms with E-state index in [1.807, 2.05) is 42.5 Å². The number of nitrogens with zero attached hydrogens (tertiary/aromatic N) is 1. The minimum atomic E-state index is -5.91. The fraction of sp³-hybridized carbons (Fsp3) is 0.182. The standard InChI is InChI=1S/C13H13NO2.C9H6F5NO2/c1-9(13(15)16)14-12-7-6-10-4-2-3-5-11(10)8-12;10-8(7(16)17,9(11,12)13)15(14)6-4-2-1-3-5-6/h2-9,14H,1H3,(H,15,16);1-5H,(H,16,17)/t9-;8-/m01/s1. The molecule has 0 bridgehead atoms. The second-order valence-electron chi connectivity index (χ2n) is 6.81. The summed E-state index contributed by atoms with van der Waals surface area (Å²) in [6, 6.07) is 18.5. The molecule has 0 saturated heterocycles. The van der Waals surface area contributed by atoms with Crippen molar-refractivity contribution >= 4 is 34.1 Å². The van der Waals surface area contributed by atoms with Gasteiger partial charge in [-0.3, -0.25) is 4.79 Å². The molecule has 33 heavy (non-hydrogen) atoms. The topological polar surface area (TPSA) is 89.9 Å². The molecule has 3 aromatic carbocycles. The Kier molecular flexibility index (Phi) is 7.81. The van der Waals surface area contributed by atoms with E-state index in [9.17, 15) is 31.6 Å². The molecule has 0 heterocycles. The molecule has 0 unspecified atom stereocenters. The first-order valence-electron chi connectivity index (χ1n) is 9.36. The van der Waals surface area contributed by atoms with Gasteiger partial charge in [-0.15, -0.1) is 0 Å². The number of alkyl halides is 4. The van der Waals surface area contributed by atoms with E-state index in [1.165, 1.54) is 6.07 Å². The van der Waals surface area contributed by atoms with E-state index in [2.05, 4.69) is 5.32 Å². The van der Waals surface area contributed by atoms with Gasteiger partial charge in [0.25, 0.3) is 0 Å². The number of carboxylic acids is 2. The summed E-state index contributed by atoms with van der Waals surface area (Å²) in [7, 11) is 0. The first kappa shape index (κ1) is 25.4. The van der Waals surface area contributed by atoms with Gasteiger partial charge < -0.3 is 15.5 Å². The van der Waals surface area contributed by atoms with Crippen LogP contribution in [0.2, 0.25) is 0 Å². The SMILES string of the molecule is C[C@H](Nc1ccc2ccccc2c1)C(=O)O.O=C(O)[C@@](F)(N(F)c1ccccc1)C(F)(F)F. The second-order valence-corrected chi connectivity index (χ2v) is 6.81. The van der Waals surface area contributed by atoms with Crippen LogP contribution in [0, 0.1) is 0 Å². The second kappa shape index (κ2) is 10.2. The maximum atomic E-state index is 13.3. The lowest BCUT2D eigenvalue weighted by molar-refractivity contribution is -0.244. The summed E-state index contributed by atoms with van der Waals surface area (Å²) in [5.41, 5.74) is -0.0247. The van der Waals surface area contributed by atoms with Gasteiger partial charge in [0.1, 0.15) is 6.04 Å². The molecule has 0 spiro atoms. The van der Waals surface area contributed by atoms with Crippen LogP contribution >= 0.6 is 0 Å². The van der Waals surface area contributed by atoms with Crippen molar-refractivity contribution in [2.75, 3.05) is 10.4 Å². The summed E-state index contributed by atoms with van der Waals surface area (Å²) in [6.45, 7) is 1.62. The van der Waals surface area contributed by atoms with Crippen LogP contribution in [0.1, 0.15) is 6.92 Å². The molecule has 2 atom stereocenters. The van der Waals surface area contributed by atoms with E-state index in [0.29, 0.717) is 0 Å². The zero-order valence-electron chi connectivity index (χ0n) is 17.1. The van der Waals surface area contributed by atoms with E-state index < -0.39 is 40.8 Å². The molecule has 6 nitrogen and oxygen atoms in total. The monoisotopic (exact) mass is 470 g/mol. The highest BCUT2D eigenvalue weighted by atomic mass is 19.4. The number of nitrogens with one attached hydrogen (secondary N) is 1. The average molecular weight is 470 g/mol. The Labute approximate surface area is 184 Å². The predicted octanol–water partition coefficient (Wildman–Crippen LogP) is 5.42. The van der Waals surface area contributed by atoms with E-state index in [0.717, 1.165) is 40.7 Å². The molecule has 0 fully saturated rings. The Balaban J connectivity index is 0.000000234. The molecule has 3 N–H and O–H groups in total. The van der Waals surface area contributed by atoms with Gasteiger partial charge in [0.2, 0.25) is 0 Å². The van der Waals surface area contributed by atoms with Gasteiger partial charge in [-0.1, -0.05) is 53.0 Å². The first-order valence-corrected chi connectivity index (χ1v) is 9.36. The zero-order valence-corrected chi connectivity index (χ0v) is 17.1. The van der Waals surface area contributed by atoms with Crippen molar-refractivity contribution in [3.63, 3.8) is 0 Å². The van der Waals surface area contributed by atoms with Gasteiger partial charge in [0, 0.05) is 5.69 Å². The molecule has 11 heteroatoms. The smallest absolute Gasteiger partial charge is 0.456 e. The lowest BCUT2D eigenvalue weighted by atomic mass is 10.1. The highest BCUT2D eigenvalue weighted by molar-refractivity contribution is 5.86. The first-order chi connectivity index (χ1) is 15.4. The summed E-state index contributed by atoms with van der Waals surface area (Å²) in [5.74, 6) is -8.95. The number of hydrogen-bond acceptors (Lipinski definition) is 4. The molecule has 0 aliphatic heterocycles. The van der Waals surface area contributed by atoms with Crippen molar-refractivity contribution < 1.29 is 41.8 Å². The van der Waals surface area contributed by atoms with Crippen molar-refractivity contribution in [1.29, 1.82) is 0 Å². The van der Waals surface area contributed by atoms with Crippen molar-refractivity contribution in [3.05, 3.63) is 72.8 Å². The molecule has 0 aromatic heterocycles. The molecular formula is C22H19F5N2O4. The Morgan fingerprint density at radius 3 is 1.94 bits per heavy atom. The number of benzene rings is 3. The van der Waals surface area contributed by atoms with Crippen LogP contribution in [0.4, 0.5) is 33.4 Å². The molecule has 0 aliphatic rings. The molecule has 0 saturated carbocycles. The highest BCUT2D eigenvalue weighted by Crippen LogP contribution is 2.40. The Bertz CT molecular complexity index is 1110. The number of anilines is 2. The van der Waals surface area contributed by atoms with Crippen LogP contribution in [0.25, 0.3) is 10.8 Å². The summed E-state index contributed by atoms with van der Waals surface area (Å²) < 4.78 is 63.4. The van der Waals surface area contributed by atoms with Gasteiger partial charge in [-0.05, 0) is 42.0 Å². The van der Waals surface area contributed by atoms with Crippen molar-refractivity contribution in [2.45, 2.75) is 24.9 Å². The van der Waals surface area contributed by atoms with Gasteiger partial charge in [0.05, 0.1) is 5.69 Å². The normalized spacial score (nSPS) is 13.8. The summed E-state index contributed by atoms with van der Waals surface area (Å²) in [4.78, 5) is 21.0. The molecule has 0 aliphatic carbocycles. The molecule has 3 aromatic rings. The summed E-state index contributed by atoms with van der Waals surface area (Å²) >= 11 is 0. The quantitative estimate of drug-likeness (QED) is 0.253. The van der Waals surface area contributed by atoms with Crippen molar-refractivity contribution in [3.8, 4) is 0 Å². The van der Waals surface area contributed by atoms with Gasteiger partial charge in [-0.25, -0.2) is 4.79 Å².